The first-order valence-corrected chi connectivity index (χ1v) is 10.0. The third kappa shape index (κ3) is 4.01. The highest BCUT2D eigenvalue weighted by Crippen LogP contribution is 2.28. The number of ketones is 1. The summed E-state index contributed by atoms with van der Waals surface area (Å²) in [6.07, 6.45) is 0.224. The van der Waals surface area contributed by atoms with Crippen LogP contribution in [-0.4, -0.2) is 55.2 Å². The maximum absolute atomic E-state index is 13.0. The summed E-state index contributed by atoms with van der Waals surface area (Å²) in [5.41, 5.74) is 2.43. The predicted molar refractivity (Wildman–Crippen MR) is 112 cm³/mol. The average molecular weight is 391 g/mol. The van der Waals surface area contributed by atoms with Gasteiger partial charge in [-0.25, -0.2) is 0 Å². The topological polar surface area (TPSA) is 60.9 Å². The standard InChI is InChI=1S/C23H25N3O3/c1-17(27)18-6-5-9-21(14-18)26-16-19(15-22(26)28)23(29)25-12-10-24(11-13-25)20-7-3-2-4-8-20/h2-9,14,19H,10-13,15-16H2,1H3. The van der Waals surface area contributed by atoms with E-state index in [2.05, 4.69) is 17.0 Å². The van der Waals surface area contributed by atoms with Crippen molar-refractivity contribution < 1.29 is 14.4 Å². The molecule has 0 N–H and O–H groups in total. The molecular formula is C23H25N3O3. The van der Waals surface area contributed by atoms with Crippen LogP contribution in [0, 0.1) is 5.92 Å². The van der Waals surface area contributed by atoms with Gasteiger partial charge in [0.2, 0.25) is 11.8 Å². The Labute approximate surface area is 170 Å². The smallest absolute Gasteiger partial charge is 0.228 e. The van der Waals surface area contributed by atoms with Gasteiger partial charge < -0.3 is 14.7 Å². The molecule has 0 radical (unpaired) electrons. The van der Waals surface area contributed by atoms with Crippen LogP contribution < -0.4 is 9.80 Å². The Morgan fingerprint density at radius 2 is 1.59 bits per heavy atom. The number of Topliss-reactive ketones (excluding diaryl/α,β-unsaturated/α-hetero) is 1. The summed E-state index contributed by atoms with van der Waals surface area (Å²) in [6, 6.07) is 17.3. The summed E-state index contributed by atoms with van der Waals surface area (Å²) >= 11 is 0. The minimum Gasteiger partial charge on any atom is -0.368 e. The van der Waals surface area contributed by atoms with Crippen LogP contribution in [0.4, 0.5) is 11.4 Å². The van der Waals surface area contributed by atoms with Crippen molar-refractivity contribution in [2.24, 2.45) is 5.92 Å². The lowest BCUT2D eigenvalue weighted by Crippen LogP contribution is -2.50. The molecule has 2 saturated heterocycles. The summed E-state index contributed by atoms with van der Waals surface area (Å²) in [5, 5.41) is 0. The largest absolute Gasteiger partial charge is 0.368 e. The average Bonchev–Trinajstić information content (AvgIpc) is 3.15. The van der Waals surface area contributed by atoms with E-state index in [-0.39, 0.29) is 29.9 Å². The Morgan fingerprint density at radius 1 is 0.897 bits per heavy atom. The zero-order valence-corrected chi connectivity index (χ0v) is 16.6. The monoisotopic (exact) mass is 391 g/mol. The number of benzene rings is 2. The van der Waals surface area contributed by atoms with Crippen LogP contribution in [0.25, 0.3) is 0 Å². The van der Waals surface area contributed by atoms with Crippen molar-refractivity contribution in [3.8, 4) is 0 Å². The molecule has 2 aliphatic heterocycles. The maximum atomic E-state index is 13.0. The van der Waals surface area contributed by atoms with Crippen molar-refractivity contribution in [1.82, 2.24) is 4.90 Å². The molecule has 2 heterocycles. The molecule has 2 aromatic carbocycles. The summed E-state index contributed by atoms with van der Waals surface area (Å²) in [7, 11) is 0. The number of nitrogens with zero attached hydrogens (tertiary/aromatic N) is 3. The van der Waals surface area contributed by atoms with Gasteiger partial charge in [0, 0.05) is 56.1 Å². The Morgan fingerprint density at radius 3 is 2.28 bits per heavy atom. The lowest BCUT2D eigenvalue weighted by atomic mass is 10.1. The number of amides is 2. The fourth-order valence-electron chi connectivity index (χ4n) is 4.10. The lowest BCUT2D eigenvalue weighted by Gasteiger charge is -2.37. The van der Waals surface area contributed by atoms with E-state index >= 15 is 0 Å². The van der Waals surface area contributed by atoms with Crippen LogP contribution >= 0.6 is 0 Å². The second-order valence-corrected chi connectivity index (χ2v) is 7.66. The van der Waals surface area contributed by atoms with E-state index in [0.29, 0.717) is 30.9 Å². The number of carbonyl (C=O) groups excluding carboxylic acids is 3. The minimum absolute atomic E-state index is 0.0394. The van der Waals surface area contributed by atoms with E-state index in [1.54, 1.807) is 23.1 Å². The third-order valence-corrected chi connectivity index (χ3v) is 5.75. The summed E-state index contributed by atoms with van der Waals surface area (Å²) in [5.74, 6) is -0.377. The van der Waals surface area contributed by atoms with Crippen molar-refractivity contribution in [3.63, 3.8) is 0 Å². The molecular weight excluding hydrogens is 366 g/mol. The number of hydrogen-bond donors (Lipinski definition) is 0. The number of hydrogen-bond acceptors (Lipinski definition) is 4. The van der Waals surface area contributed by atoms with Crippen LogP contribution in [-0.2, 0) is 9.59 Å². The molecule has 2 fully saturated rings. The van der Waals surface area contributed by atoms with Crippen LogP contribution in [0.15, 0.2) is 54.6 Å². The van der Waals surface area contributed by atoms with Crippen molar-refractivity contribution in [2.45, 2.75) is 13.3 Å². The SMILES string of the molecule is CC(=O)c1cccc(N2CC(C(=O)N3CCN(c4ccccc4)CC3)CC2=O)c1. The first-order chi connectivity index (χ1) is 14.0. The zero-order valence-electron chi connectivity index (χ0n) is 16.6. The molecule has 4 rings (SSSR count). The highest BCUT2D eigenvalue weighted by atomic mass is 16.2. The van der Waals surface area contributed by atoms with E-state index in [9.17, 15) is 14.4 Å². The van der Waals surface area contributed by atoms with Gasteiger partial charge in [0.05, 0.1) is 5.92 Å². The van der Waals surface area contributed by atoms with Gasteiger partial charge in [-0.2, -0.15) is 0 Å². The Balaban J connectivity index is 1.39. The van der Waals surface area contributed by atoms with Gasteiger partial charge in [0.1, 0.15) is 0 Å². The first kappa shape index (κ1) is 19.2. The van der Waals surface area contributed by atoms with Gasteiger partial charge in [-0.05, 0) is 31.2 Å². The zero-order chi connectivity index (χ0) is 20.4. The summed E-state index contributed by atoms with van der Waals surface area (Å²) in [6.45, 7) is 4.79. The molecule has 2 aromatic rings. The number of para-hydroxylation sites is 1. The van der Waals surface area contributed by atoms with Gasteiger partial charge in [-0.1, -0.05) is 30.3 Å². The van der Waals surface area contributed by atoms with Crippen molar-refractivity contribution in [3.05, 3.63) is 60.2 Å². The molecule has 1 unspecified atom stereocenters. The first-order valence-electron chi connectivity index (χ1n) is 10.0. The molecule has 0 saturated carbocycles. The van der Waals surface area contributed by atoms with Gasteiger partial charge in [-0.15, -0.1) is 0 Å². The van der Waals surface area contributed by atoms with Gasteiger partial charge in [-0.3, -0.25) is 14.4 Å². The molecule has 2 aliphatic rings. The lowest BCUT2D eigenvalue weighted by molar-refractivity contribution is -0.136. The van der Waals surface area contributed by atoms with Crippen LogP contribution in [0.3, 0.4) is 0 Å². The molecule has 6 nitrogen and oxygen atoms in total. The molecule has 1 atom stereocenters. The summed E-state index contributed by atoms with van der Waals surface area (Å²) in [4.78, 5) is 43.0. The molecule has 150 valence electrons. The fraction of sp³-hybridized carbons (Fsp3) is 0.348. The highest BCUT2D eigenvalue weighted by molar-refractivity contribution is 6.02. The predicted octanol–water partition coefficient (Wildman–Crippen LogP) is 2.59. The fourth-order valence-corrected chi connectivity index (χ4v) is 4.10. The molecule has 2 amide bonds. The molecule has 6 heteroatoms. The second-order valence-electron chi connectivity index (χ2n) is 7.66. The maximum Gasteiger partial charge on any atom is 0.228 e. The summed E-state index contributed by atoms with van der Waals surface area (Å²) < 4.78 is 0. The molecule has 0 aliphatic carbocycles. The van der Waals surface area contributed by atoms with Crippen molar-refractivity contribution in [2.75, 3.05) is 42.5 Å². The Hall–Kier alpha value is -3.15. The van der Waals surface area contributed by atoms with Gasteiger partial charge >= 0.3 is 0 Å². The number of rotatable bonds is 4. The molecule has 0 aromatic heterocycles. The van der Waals surface area contributed by atoms with E-state index in [1.165, 1.54) is 12.6 Å². The van der Waals surface area contributed by atoms with Crippen LogP contribution in [0.5, 0.6) is 0 Å². The Kier molecular flexibility index (Phi) is 5.34. The second kappa shape index (κ2) is 8.07. The number of carbonyl (C=O) groups is 3. The van der Waals surface area contributed by atoms with Gasteiger partial charge in [0.15, 0.2) is 5.78 Å². The normalized spacial score (nSPS) is 19.6. The number of anilines is 2. The van der Waals surface area contributed by atoms with E-state index in [4.69, 9.17) is 0 Å². The minimum atomic E-state index is -0.327. The van der Waals surface area contributed by atoms with Gasteiger partial charge in [0.25, 0.3) is 0 Å². The Bertz CT molecular complexity index is 920. The third-order valence-electron chi connectivity index (χ3n) is 5.75. The van der Waals surface area contributed by atoms with Crippen molar-refractivity contribution in [1.29, 1.82) is 0 Å². The highest BCUT2D eigenvalue weighted by Gasteiger charge is 2.38. The number of piperazine rings is 1. The molecule has 29 heavy (non-hydrogen) atoms. The quantitative estimate of drug-likeness (QED) is 0.752. The molecule has 0 bridgehead atoms. The van der Waals surface area contributed by atoms with E-state index in [1.807, 2.05) is 29.2 Å². The van der Waals surface area contributed by atoms with E-state index < -0.39 is 0 Å². The van der Waals surface area contributed by atoms with E-state index in [0.717, 1.165) is 13.1 Å². The van der Waals surface area contributed by atoms with Crippen molar-refractivity contribution >= 4 is 29.0 Å². The van der Waals surface area contributed by atoms with Crippen LogP contribution in [0.2, 0.25) is 0 Å². The molecule has 0 spiro atoms. The van der Waals surface area contributed by atoms with Crippen LogP contribution in [0.1, 0.15) is 23.7 Å².